The number of carbonyl (C=O) groups excluding carboxylic acids is 1. The SMILES string of the molecule is CC(C)(I)C(=O)Oc1ccc(-[s+]2c3ccccc3c3ccccc32)cc1. The van der Waals surface area contributed by atoms with Crippen molar-refractivity contribution in [2.75, 3.05) is 0 Å². The molecule has 0 aliphatic heterocycles. The van der Waals surface area contributed by atoms with Crippen LogP contribution in [0.5, 0.6) is 5.75 Å². The van der Waals surface area contributed by atoms with E-state index in [4.69, 9.17) is 4.74 Å². The largest absolute Gasteiger partial charge is 0.426 e. The molecule has 0 aliphatic carbocycles. The minimum absolute atomic E-state index is 0.121. The minimum atomic E-state index is -0.540. The highest BCUT2D eigenvalue weighted by Crippen LogP contribution is 2.48. The second-order valence-corrected chi connectivity index (χ2v) is 11.3. The topological polar surface area (TPSA) is 26.3 Å². The lowest BCUT2D eigenvalue weighted by molar-refractivity contribution is -0.135. The first-order valence-electron chi connectivity index (χ1n) is 8.39. The molecule has 4 aromatic rings. The molecule has 2 nitrogen and oxygen atoms in total. The molecule has 26 heavy (non-hydrogen) atoms. The summed E-state index contributed by atoms with van der Waals surface area (Å²) in [4.78, 5) is 13.3. The molecule has 4 heteroatoms. The summed E-state index contributed by atoms with van der Waals surface area (Å²) in [6.07, 6.45) is 0. The molecular formula is C22H18IO2S+. The Morgan fingerprint density at radius 1 is 0.846 bits per heavy atom. The van der Waals surface area contributed by atoms with E-state index in [1.165, 1.54) is 25.1 Å². The molecular weight excluding hydrogens is 455 g/mol. The maximum atomic E-state index is 12.1. The number of carbonyl (C=O) groups is 1. The highest BCUT2D eigenvalue weighted by molar-refractivity contribution is 14.1. The Morgan fingerprint density at radius 3 is 1.85 bits per heavy atom. The summed E-state index contributed by atoms with van der Waals surface area (Å²) < 4.78 is 7.66. The van der Waals surface area contributed by atoms with Gasteiger partial charge in [0.15, 0.2) is 14.3 Å². The van der Waals surface area contributed by atoms with Crippen LogP contribution in [0.3, 0.4) is 0 Å². The molecule has 1 heterocycles. The summed E-state index contributed by atoms with van der Waals surface area (Å²) in [5, 5.41) is 2.63. The number of halogens is 1. The summed E-state index contributed by atoms with van der Waals surface area (Å²) in [5.74, 6) is 0.359. The Kier molecular flexibility index (Phi) is 4.49. The van der Waals surface area contributed by atoms with Crippen LogP contribution in [0.1, 0.15) is 13.8 Å². The van der Waals surface area contributed by atoms with E-state index in [9.17, 15) is 4.79 Å². The van der Waals surface area contributed by atoms with Gasteiger partial charge in [-0.2, -0.15) is 0 Å². The zero-order valence-electron chi connectivity index (χ0n) is 14.5. The van der Waals surface area contributed by atoms with Gasteiger partial charge in [0, 0.05) is 33.4 Å². The second-order valence-electron chi connectivity index (χ2n) is 6.63. The predicted molar refractivity (Wildman–Crippen MR) is 119 cm³/mol. The standard InChI is InChI=1S/C22H18IO2S/c1-22(2,23)21(24)25-15-11-13-16(14-12-15)26-19-9-5-3-7-17(19)18-8-4-6-10-20(18)26/h3-14H,1-2H3/q+1. The van der Waals surface area contributed by atoms with Crippen molar-refractivity contribution in [3.8, 4) is 10.6 Å². The molecule has 0 N–H and O–H groups in total. The van der Waals surface area contributed by atoms with Gasteiger partial charge in [0.05, 0.1) is 0 Å². The normalized spacial score (nSPS) is 11.8. The Hall–Kier alpha value is -1.92. The fraction of sp³-hybridized carbons (Fsp3) is 0.136. The Labute approximate surface area is 168 Å². The number of hydrogen-bond donors (Lipinski definition) is 0. The fourth-order valence-corrected chi connectivity index (χ4v) is 5.47. The molecule has 0 atom stereocenters. The molecule has 0 unspecified atom stereocenters. The van der Waals surface area contributed by atoms with E-state index < -0.39 is 3.42 Å². The lowest BCUT2D eigenvalue weighted by atomic mass is 10.2. The summed E-state index contributed by atoms with van der Waals surface area (Å²) in [7, 11) is -0.121. The fourth-order valence-electron chi connectivity index (χ4n) is 2.98. The monoisotopic (exact) mass is 473 g/mol. The third-order valence-corrected chi connectivity index (χ3v) is 7.04. The Bertz CT molecular complexity index is 1050. The Morgan fingerprint density at radius 2 is 1.35 bits per heavy atom. The first-order chi connectivity index (χ1) is 12.4. The average Bonchev–Trinajstić information content (AvgIpc) is 2.96. The first kappa shape index (κ1) is 17.5. The van der Waals surface area contributed by atoms with Gasteiger partial charge in [-0.1, -0.05) is 46.9 Å². The van der Waals surface area contributed by atoms with Crippen molar-refractivity contribution in [1.29, 1.82) is 0 Å². The molecule has 3 aromatic carbocycles. The highest BCUT2D eigenvalue weighted by atomic mass is 127. The number of fused-ring (bicyclic) bond motifs is 3. The van der Waals surface area contributed by atoms with Gasteiger partial charge < -0.3 is 4.74 Å². The molecule has 1 aromatic heterocycles. The van der Waals surface area contributed by atoms with Crippen LogP contribution in [-0.4, -0.2) is 9.39 Å². The zero-order chi connectivity index (χ0) is 18.3. The van der Waals surface area contributed by atoms with Crippen LogP contribution in [-0.2, 0) is 4.79 Å². The van der Waals surface area contributed by atoms with E-state index in [0.717, 1.165) is 0 Å². The van der Waals surface area contributed by atoms with Crippen molar-refractivity contribution in [3.05, 3.63) is 72.8 Å². The summed E-state index contributed by atoms with van der Waals surface area (Å²) in [6.45, 7) is 3.69. The number of esters is 1. The Balaban J connectivity index is 1.79. The lowest BCUT2D eigenvalue weighted by Gasteiger charge is -2.14. The van der Waals surface area contributed by atoms with Crippen molar-refractivity contribution in [2.45, 2.75) is 17.3 Å². The van der Waals surface area contributed by atoms with Crippen LogP contribution in [0.25, 0.3) is 25.1 Å². The molecule has 0 aliphatic rings. The summed E-state index contributed by atoms with van der Waals surface area (Å²) in [6, 6.07) is 25.1. The van der Waals surface area contributed by atoms with E-state index in [2.05, 4.69) is 83.3 Å². The van der Waals surface area contributed by atoms with E-state index in [0.29, 0.717) is 5.75 Å². The van der Waals surface area contributed by atoms with Gasteiger partial charge >= 0.3 is 5.97 Å². The molecule has 0 fully saturated rings. The maximum absolute atomic E-state index is 12.1. The highest BCUT2D eigenvalue weighted by Gasteiger charge is 2.27. The summed E-state index contributed by atoms with van der Waals surface area (Å²) in [5.41, 5.74) is 0. The molecule has 0 radical (unpaired) electrons. The van der Waals surface area contributed by atoms with Crippen LogP contribution in [0.2, 0.25) is 0 Å². The molecule has 0 saturated heterocycles. The number of ether oxygens (including phenoxy) is 1. The number of hydrogen-bond acceptors (Lipinski definition) is 2. The first-order valence-corrected chi connectivity index (χ1v) is 10.7. The van der Waals surface area contributed by atoms with Gasteiger partial charge in [0.2, 0.25) is 0 Å². The maximum Gasteiger partial charge on any atom is 0.326 e. The van der Waals surface area contributed by atoms with Gasteiger partial charge in [0.1, 0.15) is 9.17 Å². The van der Waals surface area contributed by atoms with E-state index in [-0.39, 0.29) is 16.4 Å². The van der Waals surface area contributed by atoms with Gasteiger partial charge in [0.25, 0.3) is 0 Å². The van der Waals surface area contributed by atoms with E-state index in [1.54, 1.807) is 0 Å². The van der Waals surface area contributed by atoms with Gasteiger partial charge in [-0.25, -0.2) is 0 Å². The quantitative estimate of drug-likeness (QED) is 0.107. The molecule has 4 rings (SSSR count). The van der Waals surface area contributed by atoms with Crippen molar-refractivity contribution in [1.82, 2.24) is 0 Å². The van der Waals surface area contributed by atoms with Crippen molar-refractivity contribution in [2.24, 2.45) is 0 Å². The molecule has 0 saturated carbocycles. The van der Waals surface area contributed by atoms with Crippen LogP contribution in [0.4, 0.5) is 0 Å². The minimum Gasteiger partial charge on any atom is -0.426 e. The van der Waals surface area contributed by atoms with Gasteiger partial charge in [-0.05, 0) is 50.2 Å². The van der Waals surface area contributed by atoms with Crippen LogP contribution >= 0.6 is 33.1 Å². The molecule has 130 valence electrons. The number of benzene rings is 3. The van der Waals surface area contributed by atoms with Gasteiger partial charge in [-0.3, -0.25) is 4.79 Å². The predicted octanol–water partition coefficient (Wildman–Crippen LogP) is 6.85. The van der Waals surface area contributed by atoms with Gasteiger partial charge in [-0.15, -0.1) is 0 Å². The van der Waals surface area contributed by atoms with E-state index in [1.807, 2.05) is 26.0 Å². The number of rotatable bonds is 3. The molecule has 0 amide bonds. The zero-order valence-corrected chi connectivity index (χ0v) is 17.5. The van der Waals surface area contributed by atoms with Crippen LogP contribution in [0, 0.1) is 0 Å². The third kappa shape index (κ3) is 3.12. The van der Waals surface area contributed by atoms with Crippen LogP contribution < -0.4 is 4.74 Å². The number of thiophene rings is 1. The smallest absolute Gasteiger partial charge is 0.326 e. The van der Waals surface area contributed by atoms with Crippen molar-refractivity contribution >= 4 is 59.2 Å². The van der Waals surface area contributed by atoms with Crippen LogP contribution in [0.15, 0.2) is 72.8 Å². The molecule has 0 spiro atoms. The number of alkyl halides is 1. The van der Waals surface area contributed by atoms with E-state index >= 15 is 0 Å². The molecule has 0 bridgehead atoms. The second kappa shape index (κ2) is 6.67. The summed E-state index contributed by atoms with van der Waals surface area (Å²) >= 11 is 2.09. The third-order valence-electron chi connectivity index (χ3n) is 4.26. The lowest BCUT2D eigenvalue weighted by Crippen LogP contribution is -2.28. The van der Waals surface area contributed by atoms with Crippen molar-refractivity contribution in [3.63, 3.8) is 0 Å². The van der Waals surface area contributed by atoms with Crippen molar-refractivity contribution < 1.29 is 9.53 Å². The average molecular weight is 473 g/mol.